The van der Waals surface area contributed by atoms with Gasteiger partial charge in [-0.1, -0.05) is 24.3 Å². The van der Waals surface area contributed by atoms with Crippen molar-refractivity contribution in [3.8, 4) is 16.5 Å². The van der Waals surface area contributed by atoms with Gasteiger partial charge < -0.3 is 5.32 Å². The van der Waals surface area contributed by atoms with Crippen molar-refractivity contribution >= 4 is 27.3 Å². The Balaban J connectivity index is 1.85. The predicted molar refractivity (Wildman–Crippen MR) is 106 cm³/mol. The van der Waals surface area contributed by atoms with E-state index in [9.17, 15) is 13.2 Å². The zero-order chi connectivity index (χ0) is 19.6. The van der Waals surface area contributed by atoms with Gasteiger partial charge in [-0.05, 0) is 43.5 Å². The van der Waals surface area contributed by atoms with Crippen LogP contribution in [-0.2, 0) is 14.8 Å². The highest BCUT2D eigenvalue weighted by molar-refractivity contribution is 7.90. The molecule has 1 aromatic carbocycles. The van der Waals surface area contributed by atoms with Crippen LogP contribution in [0.15, 0.2) is 36.4 Å². The van der Waals surface area contributed by atoms with Crippen molar-refractivity contribution in [3.05, 3.63) is 46.8 Å². The lowest BCUT2D eigenvalue weighted by Gasteiger charge is -2.33. The van der Waals surface area contributed by atoms with Crippen LogP contribution in [0.3, 0.4) is 0 Å². The fraction of sp³-hybridized carbons (Fsp3) is 0.368. The van der Waals surface area contributed by atoms with Crippen LogP contribution in [0, 0.1) is 11.3 Å². The molecule has 2 N–H and O–H groups in total. The molecule has 0 radical (unpaired) electrons. The van der Waals surface area contributed by atoms with Gasteiger partial charge in [0.15, 0.2) is 0 Å². The lowest BCUT2D eigenvalue weighted by molar-refractivity contribution is -0.123. The van der Waals surface area contributed by atoms with Crippen LogP contribution in [0.1, 0.15) is 43.2 Å². The molecule has 2 heterocycles. The van der Waals surface area contributed by atoms with Gasteiger partial charge in [0.05, 0.1) is 11.3 Å². The molecule has 1 aromatic heterocycles. The molecule has 1 aliphatic rings. The second-order valence-electron chi connectivity index (χ2n) is 6.80. The molecule has 1 aliphatic heterocycles. The minimum atomic E-state index is -3.44. The molecule has 0 aliphatic carbocycles. The van der Waals surface area contributed by atoms with Crippen molar-refractivity contribution in [2.45, 2.75) is 44.0 Å². The number of hydrogen-bond acceptors (Lipinski definition) is 5. The van der Waals surface area contributed by atoms with Crippen LogP contribution in [0.4, 0.5) is 0 Å². The first-order valence-corrected chi connectivity index (χ1v) is 11.1. The van der Waals surface area contributed by atoms with E-state index in [1.165, 1.54) is 11.3 Å². The molecule has 6 nitrogen and oxygen atoms in total. The minimum absolute atomic E-state index is 0.0824. The normalized spacial score (nSPS) is 20.3. The molecule has 1 saturated heterocycles. The fourth-order valence-electron chi connectivity index (χ4n) is 3.00. The van der Waals surface area contributed by atoms with E-state index in [1.54, 1.807) is 19.9 Å². The van der Waals surface area contributed by atoms with E-state index in [0.717, 1.165) is 16.0 Å². The lowest BCUT2D eigenvalue weighted by Crippen LogP contribution is -2.51. The molecule has 0 saturated carbocycles. The number of hydrogen-bond donors (Lipinski definition) is 2. The highest BCUT2D eigenvalue weighted by Gasteiger charge is 2.33. The van der Waals surface area contributed by atoms with E-state index < -0.39 is 21.3 Å². The summed E-state index contributed by atoms with van der Waals surface area (Å²) in [5.74, 6) is -0.0824. The lowest BCUT2D eigenvalue weighted by atomic mass is 9.92. The SMILES string of the molecule is CC(C)S(=O)(=O)NC1CCC(=O)NC1c1ccc(-c2ccc(C#N)s2)cc1. The largest absolute Gasteiger partial charge is 0.348 e. The Kier molecular flexibility index (Phi) is 5.65. The average Bonchev–Trinajstić information content (AvgIpc) is 3.12. The summed E-state index contributed by atoms with van der Waals surface area (Å²) in [6.07, 6.45) is 0.757. The van der Waals surface area contributed by atoms with Crippen molar-refractivity contribution in [3.63, 3.8) is 0 Å². The monoisotopic (exact) mass is 403 g/mol. The summed E-state index contributed by atoms with van der Waals surface area (Å²) >= 11 is 1.42. The molecule has 1 fully saturated rings. The van der Waals surface area contributed by atoms with Crippen LogP contribution in [-0.4, -0.2) is 25.6 Å². The maximum atomic E-state index is 12.3. The van der Waals surface area contributed by atoms with Gasteiger partial charge in [-0.25, -0.2) is 13.1 Å². The molecule has 0 bridgehead atoms. The Morgan fingerprint density at radius 1 is 1.22 bits per heavy atom. The first kappa shape index (κ1) is 19.5. The van der Waals surface area contributed by atoms with Crippen molar-refractivity contribution < 1.29 is 13.2 Å². The minimum Gasteiger partial charge on any atom is -0.348 e. The van der Waals surface area contributed by atoms with Gasteiger partial charge in [0.25, 0.3) is 0 Å². The standard InChI is InChI=1S/C19H21N3O3S2/c1-12(2)27(24,25)22-16-8-10-18(23)21-19(16)14-5-3-13(4-6-14)17-9-7-15(11-20)26-17/h3-7,9,12,16,19,22H,8,10H2,1-2H3,(H,21,23). The highest BCUT2D eigenvalue weighted by Crippen LogP contribution is 2.31. The fourth-order valence-corrected chi connectivity index (χ4v) is 4.75. The number of nitrogens with one attached hydrogen (secondary N) is 2. The van der Waals surface area contributed by atoms with E-state index in [4.69, 9.17) is 5.26 Å². The van der Waals surface area contributed by atoms with Crippen molar-refractivity contribution in [2.24, 2.45) is 0 Å². The van der Waals surface area contributed by atoms with Crippen LogP contribution in [0.25, 0.3) is 10.4 Å². The third-order valence-electron chi connectivity index (χ3n) is 4.61. The number of piperidine rings is 1. The Hall–Kier alpha value is -2.21. The first-order valence-electron chi connectivity index (χ1n) is 8.71. The number of nitriles is 1. The van der Waals surface area contributed by atoms with Gasteiger partial charge in [0.1, 0.15) is 10.9 Å². The van der Waals surface area contributed by atoms with Crippen LogP contribution in [0.2, 0.25) is 0 Å². The molecule has 2 unspecified atom stereocenters. The third-order valence-corrected chi connectivity index (χ3v) is 7.52. The number of carbonyl (C=O) groups is 1. The second-order valence-corrected chi connectivity index (χ2v) is 10.2. The van der Waals surface area contributed by atoms with Crippen molar-refractivity contribution in [2.75, 3.05) is 0 Å². The molecule has 1 amide bonds. The summed E-state index contributed by atoms with van der Waals surface area (Å²) in [6.45, 7) is 3.26. The maximum absolute atomic E-state index is 12.3. The summed E-state index contributed by atoms with van der Waals surface area (Å²) in [6, 6.07) is 12.7. The zero-order valence-electron chi connectivity index (χ0n) is 15.1. The number of carbonyl (C=O) groups excluding carboxylic acids is 1. The topological polar surface area (TPSA) is 99.1 Å². The first-order chi connectivity index (χ1) is 12.8. The number of nitrogens with zero attached hydrogens (tertiary/aromatic N) is 1. The Bertz CT molecular complexity index is 972. The number of sulfonamides is 1. The summed E-state index contributed by atoms with van der Waals surface area (Å²) in [7, 11) is -3.44. The molecule has 0 spiro atoms. The van der Waals surface area contributed by atoms with Crippen LogP contribution >= 0.6 is 11.3 Å². The average molecular weight is 404 g/mol. The van der Waals surface area contributed by atoms with Crippen molar-refractivity contribution in [1.82, 2.24) is 10.0 Å². The summed E-state index contributed by atoms with van der Waals surface area (Å²) in [4.78, 5) is 13.5. The number of rotatable bonds is 5. The second kappa shape index (κ2) is 7.80. The molecule has 2 atom stereocenters. The van der Waals surface area contributed by atoms with Crippen molar-refractivity contribution in [1.29, 1.82) is 5.26 Å². The highest BCUT2D eigenvalue weighted by atomic mass is 32.2. The third kappa shape index (κ3) is 4.38. The summed E-state index contributed by atoms with van der Waals surface area (Å²) in [5.41, 5.74) is 1.83. The summed E-state index contributed by atoms with van der Waals surface area (Å²) < 4.78 is 27.3. The number of thiophene rings is 1. The zero-order valence-corrected chi connectivity index (χ0v) is 16.7. The van der Waals surface area contributed by atoms with E-state index >= 15 is 0 Å². The van der Waals surface area contributed by atoms with E-state index in [0.29, 0.717) is 17.7 Å². The molecule has 2 aromatic rings. The molecule has 3 rings (SSSR count). The Morgan fingerprint density at radius 3 is 2.52 bits per heavy atom. The molecular weight excluding hydrogens is 382 g/mol. The van der Waals surface area contributed by atoms with Gasteiger partial charge in [-0.3, -0.25) is 4.79 Å². The number of amides is 1. The smallest absolute Gasteiger partial charge is 0.220 e. The van der Waals surface area contributed by atoms with Gasteiger partial charge in [0.2, 0.25) is 15.9 Å². The van der Waals surface area contributed by atoms with Crippen LogP contribution < -0.4 is 10.0 Å². The van der Waals surface area contributed by atoms with Gasteiger partial charge in [-0.2, -0.15) is 5.26 Å². The quantitative estimate of drug-likeness (QED) is 0.802. The van der Waals surface area contributed by atoms with E-state index in [1.807, 2.05) is 30.3 Å². The Morgan fingerprint density at radius 2 is 1.93 bits per heavy atom. The van der Waals surface area contributed by atoms with E-state index in [2.05, 4.69) is 16.1 Å². The molecule has 142 valence electrons. The maximum Gasteiger partial charge on any atom is 0.220 e. The van der Waals surface area contributed by atoms with Gasteiger partial charge >= 0.3 is 0 Å². The van der Waals surface area contributed by atoms with E-state index in [-0.39, 0.29) is 11.9 Å². The van der Waals surface area contributed by atoms with Gasteiger partial charge in [-0.15, -0.1) is 11.3 Å². The number of benzene rings is 1. The molecule has 8 heteroatoms. The molecule has 27 heavy (non-hydrogen) atoms. The molecular formula is C19H21N3O3S2. The summed E-state index contributed by atoms with van der Waals surface area (Å²) in [5, 5.41) is 11.3. The van der Waals surface area contributed by atoms with Crippen LogP contribution in [0.5, 0.6) is 0 Å². The van der Waals surface area contributed by atoms with Gasteiger partial charge in [0, 0.05) is 17.3 Å². The Labute approximate surface area is 163 Å². The predicted octanol–water partition coefficient (Wildman–Crippen LogP) is 2.93.